The van der Waals surface area contributed by atoms with Crippen molar-refractivity contribution in [1.82, 2.24) is 15.3 Å². The standard InChI is InChI=1S/C17H16N4O4/c1-9-7-12(21(24)25)4-5-13(9)16(22)18-10(2)11-3-6-14-15(8-11)20-17(23)19-14/h3-8,10H,1-2H3,(H,18,22)(H2,19,20,23)/t10-/m1/s1. The Bertz CT molecular complexity index is 1030. The summed E-state index contributed by atoms with van der Waals surface area (Å²) in [6.45, 7) is 3.48. The number of nitrogens with zero attached hydrogens (tertiary/aromatic N) is 1. The maximum atomic E-state index is 12.5. The number of benzene rings is 2. The molecule has 0 aliphatic rings. The van der Waals surface area contributed by atoms with Gasteiger partial charge in [-0.25, -0.2) is 4.79 Å². The molecule has 1 aromatic heterocycles. The van der Waals surface area contributed by atoms with Crippen LogP contribution in [0.1, 0.15) is 34.5 Å². The number of carbonyl (C=O) groups excluding carboxylic acids is 1. The normalized spacial score (nSPS) is 12.1. The van der Waals surface area contributed by atoms with E-state index in [0.29, 0.717) is 22.2 Å². The second kappa shape index (κ2) is 6.23. The Labute approximate surface area is 142 Å². The average Bonchev–Trinajstić information content (AvgIpc) is 2.93. The van der Waals surface area contributed by atoms with Gasteiger partial charge in [-0.3, -0.25) is 14.9 Å². The van der Waals surface area contributed by atoms with Crippen LogP contribution in [0.15, 0.2) is 41.2 Å². The molecule has 0 aliphatic heterocycles. The predicted molar refractivity (Wildman–Crippen MR) is 92.6 cm³/mol. The van der Waals surface area contributed by atoms with Crippen molar-refractivity contribution in [3.8, 4) is 0 Å². The third-order valence-electron chi connectivity index (χ3n) is 4.05. The van der Waals surface area contributed by atoms with Gasteiger partial charge in [-0.05, 0) is 43.2 Å². The van der Waals surface area contributed by atoms with Crippen molar-refractivity contribution in [3.63, 3.8) is 0 Å². The first-order valence-electron chi connectivity index (χ1n) is 7.63. The van der Waals surface area contributed by atoms with Crippen LogP contribution in [0.5, 0.6) is 0 Å². The van der Waals surface area contributed by atoms with Gasteiger partial charge in [0.1, 0.15) is 0 Å². The van der Waals surface area contributed by atoms with E-state index >= 15 is 0 Å². The summed E-state index contributed by atoms with van der Waals surface area (Å²) in [7, 11) is 0. The highest BCUT2D eigenvalue weighted by atomic mass is 16.6. The molecule has 0 radical (unpaired) electrons. The number of fused-ring (bicyclic) bond motifs is 1. The van der Waals surface area contributed by atoms with Gasteiger partial charge in [0, 0.05) is 17.7 Å². The molecule has 2 aromatic carbocycles. The van der Waals surface area contributed by atoms with Crippen molar-refractivity contribution in [3.05, 3.63) is 73.7 Å². The molecule has 0 saturated heterocycles. The minimum Gasteiger partial charge on any atom is -0.346 e. The van der Waals surface area contributed by atoms with Gasteiger partial charge in [-0.15, -0.1) is 0 Å². The van der Waals surface area contributed by atoms with E-state index < -0.39 is 4.92 Å². The molecule has 0 aliphatic carbocycles. The highest BCUT2D eigenvalue weighted by Crippen LogP contribution is 2.20. The number of aromatic nitrogens is 2. The largest absolute Gasteiger partial charge is 0.346 e. The number of H-pyrrole nitrogens is 2. The fourth-order valence-electron chi connectivity index (χ4n) is 2.69. The smallest absolute Gasteiger partial charge is 0.323 e. The first-order valence-corrected chi connectivity index (χ1v) is 7.63. The lowest BCUT2D eigenvalue weighted by Crippen LogP contribution is -2.27. The van der Waals surface area contributed by atoms with Crippen LogP contribution in [-0.2, 0) is 0 Å². The second-order valence-electron chi connectivity index (χ2n) is 5.84. The summed E-state index contributed by atoms with van der Waals surface area (Å²) >= 11 is 0. The number of carbonyl (C=O) groups is 1. The van der Waals surface area contributed by atoms with Crippen LogP contribution in [-0.4, -0.2) is 20.8 Å². The summed E-state index contributed by atoms with van der Waals surface area (Å²) in [5, 5.41) is 13.6. The van der Waals surface area contributed by atoms with Crippen molar-refractivity contribution in [1.29, 1.82) is 0 Å². The number of hydrogen-bond acceptors (Lipinski definition) is 4. The van der Waals surface area contributed by atoms with Crippen molar-refractivity contribution < 1.29 is 9.72 Å². The molecule has 1 amide bonds. The Hall–Kier alpha value is -3.42. The summed E-state index contributed by atoms with van der Waals surface area (Å²) in [5.41, 5.74) is 2.76. The number of nitrogens with one attached hydrogen (secondary N) is 3. The molecule has 8 heteroatoms. The summed E-state index contributed by atoms with van der Waals surface area (Å²) in [6.07, 6.45) is 0. The first kappa shape index (κ1) is 16.4. The van der Waals surface area contributed by atoms with Gasteiger partial charge in [-0.2, -0.15) is 0 Å². The van der Waals surface area contributed by atoms with Crippen LogP contribution in [0.2, 0.25) is 0 Å². The Morgan fingerprint density at radius 3 is 2.56 bits per heavy atom. The molecule has 0 unspecified atom stereocenters. The van der Waals surface area contributed by atoms with E-state index in [4.69, 9.17) is 0 Å². The van der Waals surface area contributed by atoms with Gasteiger partial charge in [0.05, 0.1) is 22.0 Å². The number of rotatable bonds is 4. The maximum Gasteiger partial charge on any atom is 0.323 e. The van der Waals surface area contributed by atoms with Crippen molar-refractivity contribution in [2.45, 2.75) is 19.9 Å². The number of imidazole rings is 1. The van der Waals surface area contributed by atoms with Gasteiger partial charge in [0.25, 0.3) is 11.6 Å². The van der Waals surface area contributed by atoms with Crippen molar-refractivity contribution >= 4 is 22.6 Å². The lowest BCUT2D eigenvalue weighted by molar-refractivity contribution is -0.384. The SMILES string of the molecule is Cc1cc([N+](=O)[O-])ccc1C(=O)N[C@H](C)c1ccc2[nH]c(=O)[nH]c2c1. The number of non-ortho nitro benzene ring substituents is 1. The highest BCUT2D eigenvalue weighted by molar-refractivity contribution is 5.96. The van der Waals surface area contributed by atoms with Gasteiger partial charge in [0.15, 0.2) is 0 Å². The number of amides is 1. The third-order valence-corrected chi connectivity index (χ3v) is 4.05. The Balaban J connectivity index is 1.81. The van der Waals surface area contributed by atoms with E-state index in [1.807, 2.05) is 13.0 Å². The molecule has 0 bridgehead atoms. The van der Waals surface area contributed by atoms with Crippen molar-refractivity contribution in [2.24, 2.45) is 0 Å². The number of nitro groups is 1. The molecule has 1 heterocycles. The molecule has 3 N–H and O–H groups in total. The van der Waals surface area contributed by atoms with Crippen LogP contribution >= 0.6 is 0 Å². The lowest BCUT2D eigenvalue weighted by atomic mass is 10.0. The Morgan fingerprint density at radius 2 is 1.88 bits per heavy atom. The van der Waals surface area contributed by atoms with Crippen LogP contribution in [0, 0.1) is 17.0 Å². The Morgan fingerprint density at radius 1 is 1.16 bits per heavy atom. The van der Waals surface area contributed by atoms with E-state index in [0.717, 1.165) is 5.56 Å². The first-order chi connectivity index (χ1) is 11.8. The molecule has 25 heavy (non-hydrogen) atoms. The highest BCUT2D eigenvalue weighted by Gasteiger charge is 2.16. The molecule has 0 fully saturated rings. The van der Waals surface area contributed by atoms with E-state index in [1.54, 1.807) is 19.1 Å². The maximum absolute atomic E-state index is 12.5. The predicted octanol–water partition coefficient (Wildman–Crippen LogP) is 2.56. The zero-order valence-electron chi connectivity index (χ0n) is 13.6. The summed E-state index contributed by atoms with van der Waals surface area (Å²) in [6, 6.07) is 9.20. The quantitative estimate of drug-likeness (QED) is 0.499. The average molecular weight is 340 g/mol. The molecule has 0 saturated carbocycles. The van der Waals surface area contributed by atoms with Gasteiger partial charge >= 0.3 is 5.69 Å². The van der Waals surface area contributed by atoms with Crippen LogP contribution in [0.4, 0.5) is 5.69 Å². The number of hydrogen-bond donors (Lipinski definition) is 3. The van der Waals surface area contributed by atoms with Gasteiger partial charge in [-0.1, -0.05) is 6.07 Å². The van der Waals surface area contributed by atoms with Crippen LogP contribution in [0.3, 0.4) is 0 Å². The van der Waals surface area contributed by atoms with E-state index in [9.17, 15) is 19.7 Å². The monoisotopic (exact) mass is 340 g/mol. The topological polar surface area (TPSA) is 121 Å². The molecule has 3 aromatic rings. The van der Waals surface area contributed by atoms with Crippen molar-refractivity contribution in [2.75, 3.05) is 0 Å². The number of aromatic amines is 2. The summed E-state index contributed by atoms with van der Waals surface area (Å²) < 4.78 is 0. The summed E-state index contributed by atoms with van der Waals surface area (Å²) in [4.78, 5) is 39.4. The fraction of sp³-hybridized carbons (Fsp3) is 0.176. The minimum atomic E-state index is -0.496. The zero-order chi connectivity index (χ0) is 18.1. The second-order valence-corrected chi connectivity index (χ2v) is 5.84. The van der Waals surface area contributed by atoms with Crippen LogP contribution in [0.25, 0.3) is 11.0 Å². The van der Waals surface area contributed by atoms with E-state index in [2.05, 4.69) is 15.3 Å². The molecule has 8 nitrogen and oxygen atoms in total. The third kappa shape index (κ3) is 3.27. The van der Waals surface area contributed by atoms with Gasteiger partial charge in [0.2, 0.25) is 0 Å². The molecule has 1 atom stereocenters. The fourth-order valence-corrected chi connectivity index (χ4v) is 2.69. The molecule has 0 spiro atoms. The minimum absolute atomic E-state index is 0.0519. The van der Waals surface area contributed by atoms with E-state index in [1.165, 1.54) is 18.2 Å². The zero-order valence-corrected chi connectivity index (χ0v) is 13.6. The number of nitro benzene ring substituents is 1. The molecule has 128 valence electrons. The molecular weight excluding hydrogens is 324 g/mol. The number of aryl methyl sites for hydroxylation is 1. The Kier molecular flexibility index (Phi) is 4.10. The molecule has 3 rings (SSSR count). The van der Waals surface area contributed by atoms with E-state index in [-0.39, 0.29) is 23.3 Å². The summed E-state index contributed by atoms with van der Waals surface area (Å²) in [5.74, 6) is -0.317. The van der Waals surface area contributed by atoms with Crippen LogP contribution < -0.4 is 11.0 Å². The molecular formula is C17H16N4O4. The lowest BCUT2D eigenvalue weighted by Gasteiger charge is -2.15. The van der Waals surface area contributed by atoms with Gasteiger partial charge < -0.3 is 15.3 Å².